The fourth-order valence-electron chi connectivity index (χ4n) is 5.11. The number of rotatable bonds is 7. The number of benzene rings is 2. The molecule has 2 aromatic rings. The first-order chi connectivity index (χ1) is 15.1. The summed E-state index contributed by atoms with van der Waals surface area (Å²) in [6.07, 6.45) is -1.52. The Morgan fingerprint density at radius 2 is 1.72 bits per heavy atom. The van der Waals surface area contributed by atoms with Gasteiger partial charge in [0.05, 0.1) is 23.6 Å². The van der Waals surface area contributed by atoms with Crippen LogP contribution in [0.25, 0.3) is 0 Å². The summed E-state index contributed by atoms with van der Waals surface area (Å²) in [7, 11) is 0. The molecular weight excluding hydrogens is 449 g/mol. The molecule has 3 N–H and O–H groups in total. The van der Waals surface area contributed by atoms with Gasteiger partial charge in [0.15, 0.2) is 6.29 Å². The van der Waals surface area contributed by atoms with E-state index in [9.17, 15) is 20.1 Å². The molecule has 0 bridgehead atoms. The summed E-state index contributed by atoms with van der Waals surface area (Å²) >= 11 is 12.5. The number of carbonyl (C=O) groups excluding carboxylic acids is 1. The quantitative estimate of drug-likeness (QED) is 0.492. The fraction of sp³-hybridized carbons (Fsp3) is 0.480. The Kier molecular flexibility index (Phi) is 7.89. The number of hydrogen-bond acceptors (Lipinski definition) is 4. The van der Waals surface area contributed by atoms with Crippen molar-refractivity contribution in [3.63, 3.8) is 0 Å². The van der Waals surface area contributed by atoms with Crippen LogP contribution in [-0.4, -0.2) is 44.6 Å². The molecule has 1 saturated heterocycles. The van der Waals surface area contributed by atoms with Crippen molar-refractivity contribution in [1.29, 1.82) is 0 Å². The summed E-state index contributed by atoms with van der Waals surface area (Å²) in [5, 5.41) is 31.4. The number of piperidine rings is 1. The average molecular weight is 480 g/mol. The van der Waals surface area contributed by atoms with Gasteiger partial charge in [-0.05, 0) is 55.2 Å². The van der Waals surface area contributed by atoms with E-state index >= 15 is 0 Å². The molecule has 2 unspecified atom stereocenters. The predicted octanol–water partition coefficient (Wildman–Crippen LogP) is 4.92. The maximum absolute atomic E-state index is 13.9. The zero-order valence-electron chi connectivity index (χ0n) is 18.6. The molecular formula is C25H31Cl2NO4. The summed E-state index contributed by atoms with van der Waals surface area (Å²) in [5.41, 5.74) is 0.833. The minimum absolute atomic E-state index is 0.0943. The maximum atomic E-state index is 13.9. The zero-order valence-corrected chi connectivity index (χ0v) is 20.1. The molecule has 1 amide bonds. The summed E-state index contributed by atoms with van der Waals surface area (Å²) in [6.45, 7) is 5.39. The molecule has 174 valence electrons. The standard InChI is InChI=1S/C25H31Cl2NO4/c1-4-21(15(2)29)28-23(16-8-10-18(26)11-9-16)20(17-6-5-7-19(27)12-17)13-25(3,24(28)32)14-22(30)31/h5-12,15,20-23,29-31H,4,13-14H2,1-3H3/t15-,20+,21?,23?,25+/m0/s1. The Balaban J connectivity index is 2.24. The van der Waals surface area contributed by atoms with Crippen molar-refractivity contribution in [3.8, 4) is 0 Å². The van der Waals surface area contributed by atoms with Crippen LogP contribution in [0.4, 0.5) is 0 Å². The van der Waals surface area contributed by atoms with Gasteiger partial charge in [-0.15, -0.1) is 0 Å². The van der Waals surface area contributed by atoms with Gasteiger partial charge in [-0.3, -0.25) is 4.79 Å². The number of nitrogens with zero attached hydrogens (tertiary/aromatic N) is 1. The highest BCUT2D eigenvalue weighted by molar-refractivity contribution is 6.30. The maximum Gasteiger partial charge on any atom is 0.229 e. The zero-order chi connectivity index (χ0) is 23.6. The second-order valence-corrected chi connectivity index (χ2v) is 9.91. The van der Waals surface area contributed by atoms with E-state index in [2.05, 4.69) is 0 Å². The van der Waals surface area contributed by atoms with Gasteiger partial charge < -0.3 is 20.2 Å². The molecule has 0 saturated carbocycles. The first kappa shape index (κ1) is 25.0. The lowest BCUT2D eigenvalue weighted by molar-refractivity contribution is -0.166. The van der Waals surface area contributed by atoms with Crippen LogP contribution in [0.5, 0.6) is 0 Å². The number of carbonyl (C=O) groups is 1. The molecule has 1 fully saturated rings. The molecule has 1 heterocycles. The SMILES string of the molecule is CCC([C@H](C)O)N1C(=O)[C@@](C)(CC(O)O)C[C@H](c2cccc(Cl)c2)C1c1ccc(Cl)cc1. The topological polar surface area (TPSA) is 81.0 Å². The Hall–Kier alpha value is -1.63. The summed E-state index contributed by atoms with van der Waals surface area (Å²) in [4.78, 5) is 15.7. The van der Waals surface area contributed by atoms with Crippen LogP contribution in [-0.2, 0) is 4.79 Å². The normalized spacial score (nSPS) is 25.8. The number of aliphatic hydroxyl groups excluding tert-OH is 2. The molecule has 0 spiro atoms. The van der Waals surface area contributed by atoms with Crippen LogP contribution in [0.15, 0.2) is 48.5 Å². The number of hydrogen-bond donors (Lipinski definition) is 3. The molecule has 1 aliphatic heterocycles. The van der Waals surface area contributed by atoms with Crippen LogP contribution >= 0.6 is 23.2 Å². The molecule has 32 heavy (non-hydrogen) atoms. The monoisotopic (exact) mass is 479 g/mol. The van der Waals surface area contributed by atoms with Crippen LogP contribution in [0.2, 0.25) is 10.0 Å². The number of halogens is 2. The highest BCUT2D eigenvalue weighted by Gasteiger charge is 2.52. The van der Waals surface area contributed by atoms with Crippen molar-refractivity contribution in [1.82, 2.24) is 4.90 Å². The minimum atomic E-state index is -1.62. The number of likely N-dealkylation sites (tertiary alicyclic amines) is 1. The van der Waals surface area contributed by atoms with Gasteiger partial charge >= 0.3 is 0 Å². The summed E-state index contributed by atoms with van der Waals surface area (Å²) in [6, 6.07) is 14.1. The first-order valence-electron chi connectivity index (χ1n) is 10.9. The minimum Gasteiger partial charge on any atom is -0.391 e. The Morgan fingerprint density at radius 1 is 1.06 bits per heavy atom. The van der Waals surface area contributed by atoms with Crippen molar-refractivity contribution in [2.75, 3.05) is 0 Å². The highest BCUT2D eigenvalue weighted by atomic mass is 35.5. The highest BCUT2D eigenvalue weighted by Crippen LogP contribution is 2.52. The third kappa shape index (κ3) is 5.13. The van der Waals surface area contributed by atoms with E-state index in [4.69, 9.17) is 23.2 Å². The van der Waals surface area contributed by atoms with Crippen LogP contribution in [0, 0.1) is 5.41 Å². The van der Waals surface area contributed by atoms with Crippen molar-refractivity contribution < 1.29 is 20.1 Å². The predicted molar refractivity (Wildman–Crippen MR) is 127 cm³/mol. The van der Waals surface area contributed by atoms with E-state index in [0.29, 0.717) is 22.9 Å². The third-order valence-electron chi connectivity index (χ3n) is 6.56. The van der Waals surface area contributed by atoms with E-state index in [1.165, 1.54) is 0 Å². The van der Waals surface area contributed by atoms with Gasteiger partial charge in [-0.1, -0.05) is 61.3 Å². The van der Waals surface area contributed by atoms with Crippen molar-refractivity contribution >= 4 is 29.1 Å². The second-order valence-electron chi connectivity index (χ2n) is 9.04. The molecule has 7 heteroatoms. The van der Waals surface area contributed by atoms with Gasteiger partial charge in [0.1, 0.15) is 0 Å². The van der Waals surface area contributed by atoms with E-state index in [1.807, 2.05) is 37.3 Å². The first-order valence-corrected chi connectivity index (χ1v) is 11.7. The molecule has 3 rings (SSSR count). The third-order valence-corrected chi connectivity index (χ3v) is 7.04. The number of amides is 1. The molecule has 5 atom stereocenters. The summed E-state index contributed by atoms with van der Waals surface area (Å²) < 4.78 is 0. The molecule has 0 aliphatic carbocycles. The lowest BCUT2D eigenvalue weighted by Crippen LogP contribution is -2.58. The molecule has 2 aromatic carbocycles. The largest absolute Gasteiger partial charge is 0.391 e. The molecule has 5 nitrogen and oxygen atoms in total. The van der Waals surface area contributed by atoms with Gasteiger partial charge in [0.2, 0.25) is 5.91 Å². The number of aliphatic hydroxyl groups is 3. The Bertz CT molecular complexity index is 934. The lowest BCUT2D eigenvalue weighted by atomic mass is 9.66. The molecule has 0 radical (unpaired) electrons. The molecule has 0 aromatic heterocycles. The van der Waals surface area contributed by atoms with Crippen LogP contribution in [0.1, 0.15) is 63.1 Å². The second kappa shape index (κ2) is 10.1. The van der Waals surface area contributed by atoms with Crippen LogP contribution in [0.3, 0.4) is 0 Å². The molecule has 1 aliphatic rings. The Morgan fingerprint density at radius 3 is 2.25 bits per heavy atom. The average Bonchev–Trinajstić information content (AvgIpc) is 2.71. The van der Waals surface area contributed by atoms with E-state index in [0.717, 1.165) is 11.1 Å². The smallest absolute Gasteiger partial charge is 0.229 e. The summed E-state index contributed by atoms with van der Waals surface area (Å²) in [5.74, 6) is -0.374. The van der Waals surface area contributed by atoms with Gasteiger partial charge in [0, 0.05) is 22.4 Å². The van der Waals surface area contributed by atoms with E-state index in [1.54, 1.807) is 36.9 Å². The van der Waals surface area contributed by atoms with E-state index < -0.39 is 23.9 Å². The van der Waals surface area contributed by atoms with Crippen molar-refractivity contribution in [2.45, 2.75) is 70.4 Å². The van der Waals surface area contributed by atoms with Crippen molar-refractivity contribution in [3.05, 3.63) is 69.7 Å². The van der Waals surface area contributed by atoms with Gasteiger partial charge in [0.25, 0.3) is 0 Å². The van der Waals surface area contributed by atoms with Gasteiger partial charge in [-0.2, -0.15) is 0 Å². The Labute approximate surface area is 199 Å². The fourth-order valence-corrected chi connectivity index (χ4v) is 5.43. The van der Waals surface area contributed by atoms with Crippen LogP contribution < -0.4 is 0 Å². The lowest BCUT2D eigenvalue weighted by Gasteiger charge is -2.52. The van der Waals surface area contributed by atoms with E-state index in [-0.39, 0.29) is 24.3 Å². The van der Waals surface area contributed by atoms with Crippen molar-refractivity contribution in [2.24, 2.45) is 5.41 Å². The van der Waals surface area contributed by atoms with Gasteiger partial charge in [-0.25, -0.2) is 0 Å².